The molecular formula is C17H18FN5O3. The molecule has 0 saturated heterocycles. The third-order valence-electron chi connectivity index (χ3n) is 3.17. The average Bonchev–Trinajstić information content (AvgIpc) is 2.64. The molecule has 0 aliphatic carbocycles. The van der Waals surface area contributed by atoms with Gasteiger partial charge >= 0.3 is 6.01 Å². The van der Waals surface area contributed by atoms with Gasteiger partial charge in [0.25, 0.3) is 0 Å². The number of allylic oxidation sites excluding steroid dienone is 2. The van der Waals surface area contributed by atoms with Crippen molar-refractivity contribution in [3.05, 3.63) is 53.8 Å². The molecule has 2 rings (SSSR count). The first-order valence-electron chi connectivity index (χ1n) is 7.53. The zero-order chi connectivity index (χ0) is 18.9. The van der Waals surface area contributed by atoms with E-state index in [2.05, 4.69) is 20.1 Å². The summed E-state index contributed by atoms with van der Waals surface area (Å²) in [5.74, 6) is -0.182. The Morgan fingerprint density at radius 3 is 2.77 bits per heavy atom. The van der Waals surface area contributed by atoms with E-state index in [0.717, 1.165) is 6.20 Å². The lowest BCUT2D eigenvalue weighted by atomic mass is 10.2. The molecule has 0 aromatic carbocycles. The topological polar surface area (TPSA) is 89.8 Å². The Labute approximate surface area is 150 Å². The van der Waals surface area contributed by atoms with Crippen molar-refractivity contribution in [3.63, 3.8) is 0 Å². The van der Waals surface area contributed by atoms with Gasteiger partial charge in [-0.05, 0) is 23.8 Å². The van der Waals surface area contributed by atoms with Crippen LogP contribution < -0.4 is 9.47 Å². The van der Waals surface area contributed by atoms with Crippen molar-refractivity contribution in [1.82, 2.24) is 20.0 Å². The summed E-state index contributed by atoms with van der Waals surface area (Å²) in [5.41, 5.74) is 1.51. The highest BCUT2D eigenvalue weighted by Gasteiger charge is 2.13. The summed E-state index contributed by atoms with van der Waals surface area (Å²) in [6, 6.07) is 1.51. The molecule has 0 bridgehead atoms. The van der Waals surface area contributed by atoms with Crippen LogP contribution in [0.4, 0.5) is 4.39 Å². The molecule has 0 amide bonds. The zero-order valence-electron chi connectivity index (χ0n) is 14.6. The molecule has 0 aliphatic rings. The minimum absolute atomic E-state index is 0.142. The van der Waals surface area contributed by atoms with Gasteiger partial charge in [0.2, 0.25) is 5.88 Å². The monoisotopic (exact) mass is 359 g/mol. The van der Waals surface area contributed by atoms with Crippen LogP contribution in [0.2, 0.25) is 0 Å². The normalized spacial score (nSPS) is 11.5. The number of ether oxygens (including phenoxy) is 2. The minimum atomic E-state index is -0.425. The summed E-state index contributed by atoms with van der Waals surface area (Å²) in [4.78, 5) is 22.7. The lowest BCUT2D eigenvalue weighted by Crippen LogP contribution is -2.15. The predicted molar refractivity (Wildman–Crippen MR) is 92.5 cm³/mol. The standard InChI is InChI=1S/C17H18FN5O3/c1-23(11-12-7-13(18)9-19-8-12)22-15(5-4-6-24)14-10-20-17(26-3)21-16(14)25-2/h4-10H,11H2,1-3H3/b5-4-,22-15+. The van der Waals surface area contributed by atoms with Crippen molar-refractivity contribution in [2.75, 3.05) is 21.3 Å². The first kappa shape index (κ1) is 19.0. The molecule has 0 saturated carbocycles. The second kappa shape index (κ2) is 9.21. The van der Waals surface area contributed by atoms with E-state index < -0.39 is 5.82 Å². The Kier molecular flexibility index (Phi) is 6.72. The highest BCUT2D eigenvalue weighted by molar-refractivity contribution is 6.11. The maximum Gasteiger partial charge on any atom is 0.319 e. The molecule has 0 unspecified atom stereocenters. The summed E-state index contributed by atoms with van der Waals surface area (Å²) in [5, 5.41) is 6.00. The first-order valence-corrected chi connectivity index (χ1v) is 7.53. The Bertz CT molecular complexity index is 826. The van der Waals surface area contributed by atoms with E-state index in [1.165, 1.54) is 38.6 Å². The Morgan fingerprint density at radius 1 is 1.31 bits per heavy atom. The molecule has 9 heteroatoms. The number of aldehydes is 1. The number of hydrazone groups is 1. The lowest BCUT2D eigenvalue weighted by molar-refractivity contribution is -0.104. The van der Waals surface area contributed by atoms with Crippen LogP contribution >= 0.6 is 0 Å². The number of pyridine rings is 1. The molecular weight excluding hydrogens is 341 g/mol. The average molecular weight is 359 g/mol. The van der Waals surface area contributed by atoms with Crippen LogP contribution in [0.5, 0.6) is 11.9 Å². The summed E-state index contributed by atoms with van der Waals surface area (Å²) >= 11 is 0. The van der Waals surface area contributed by atoms with Crippen molar-refractivity contribution in [2.45, 2.75) is 6.54 Å². The highest BCUT2D eigenvalue weighted by Crippen LogP contribution is 2.19. The van der Waals surface area contributed by atoms with Crippen LogP contribution in [0.15, 0.2) is 41.9 Å². The lowest BCUT2D eigenvalue weighted by Gasteiger charge is -2.15. The number of nitrogens with zero attached hydrogens (tertiary/aromatic N) is 5. The van der Waals surface area contributed by atoms with E-state index in [1.54, 1.807) is 18.3 Å². The van der Waals surface area contributed by atoms with Gasteiger partial charge in [-0.2, -0.15) is 10.1 Å². The van der Waals surface area contributed by atoms with E-state index in [1.807, 2.05) is 0 Å². The number of halogens is 1. The second-order valence-corrected chi connectivity index (χ2v) is 5.09. The van der Waals surface area contributed by atoms with Crippen LogP contribution in [-0.2, 0) is 11.3 Å². The van der Waals surface area contributed by atoms with Crippen molar-refractivity contribution in [2.24, 2.45) is 5.10 Å². The van der Waals surface area contributed by atoms with Gasteiger partial charge in [-0.3, -0.25) is 14.8 Å². The molecule has 0 aliphatic heterocycles. The summed E-state index contributed by atoms with van der Waals surface area (Å²) in [6.45, 7) is 0.308. The Hall–Kier alpha value is -3.36. The maximum atomic E-state index is 13.3. The molecule has 0 N–H and O–H groups in total. The molecule has 2 aromatic heterocycles. The number of methoxy groups -OCH3 is 2. The van der Waals surface area contributed by atoms with Gasteiger partial charge in [-0.15, -0.1) is 0 Å². The molecule has 0 atom stereocenters. The van der Waals surface area contributed by atoms with E-state index >= 15 is 0 Å². The molecule has 2 heterocycles. The molecule has 2 aromatic rings. The second-order valence-electron chi connectivity index (χ2n) is 5.09. The quantitative estimate of drug-likeness (QED) is 0.306. The Morgan fingerprint density at radius 2 is 2.12 bits per heavy atom. The van der Waals surface area contributed by atoms with Gasteiger partial charge in [-0.1, -0.05) is 0 Å². The fourth-order valence-corrected chi connectivity index (χ4v) is 2.11. The van der Waals surface area contributed by atoms with Crippen molar-refractivity contribution in [1.29, 1.82) is 0 Å². The van der Waals surface area contributed by atoms with Crippen molar-refractivity contribution in [3.8, 4) is 11.9 Å². The fraction of sp³-hybridized carbons (Fsp3) is 0.235. The maximum absolute atomic E-state index is 13.3. The van der Waals surface area contributed by atoms with Crippen LogP contribution in [0.25, 0.3) is 0 Å². The SMILES string of the molecule is COc1ncc(C(/C=C\C=O)=N/N(C)Cc2cncc(F)c2)c(OC)n1. The van der Waals surface area contributed by atoms with Crippen LogP contribution in [0, 0.1) is 5.82 Å². The molecule has 0 fully saturated rings. The molecule has 0 spiro atoms. The number of hydrogen-bond donors (Lipinski definition) is 0. The van der Waals surface area contributed by atoms with Crippen LogP contribution in [0.3, 0.4) is 0 Å². The van der Waals surface area contributed by atoms with Gasteiger partial charge < -0.3 is 9.47 Å². The molecule has 0 radical (unpaired) electrons. The third kappa shape index (κ3) is 5.07. The fourth-order valence-electron chi connectivity index (χ4n) is 2.11. The van der Waals surface area contributed by atoms with Crippen LogP contribution in [-0.4, -0.2) is 53.2 Å². The van der Waals surface area contributed by atoms with Gasteiger partial charge in [0, 0.05) is 19.4 Å². The van der Waals surface area contributed by atoms with Crippen molar-refractivity contribution < 1.29 is 18.7 Å². The summed E-state index contributed by atoms with van der Waals surface area (Å²) < 4.78 is 23.5. The molecule has 8 nitrogen and oxygen atoms in total. The predicted octanol–water partition coefficient (Wildman–Crippen LogP) is 1.62. The molecule has 26 heavy (non-hydrogen) atoms. The minimum Gasteiger partial charge on any atom is -0.480 e. The number of rotatable bonds is 8. The molecule has 136 valence electrons. The number of carbonyl (C=O) groups excluding carboxylic acids is 1. The van der Waals surface area contributed by atoms with Gasteiger partial charge in [-0.25, -0.2) is 9.37 Å². The highest BCUT2D eigenvalue weighted by atomic mass is 19.1. The zero-order valence-corrected chi connectivity index (χ0v) is 14.6. The largest absolute Gasteiger partial charge is 0.480 e. The number of carbonyl (C=O) groups is 1. The van der Waals surface area contributed by atoms with Crippen LogP contribution in [0.1, 0.15) is 11.1 Å². The van der Waals surface area contributed by atoms with Gasteiger partial charge in [0.05, 0.1) is 38.2 Å². The smallest absolute Gasteiger partial charge is 0.319 e. The van der Waals surface area contributed by atoms with E-state index in [9.17, 15) is 9.18 Å². The Balaban J connectivity index is 2.35. The number of aromatic nitrogens is 3. The van der Waals surface area contributed by atoms with Gasteiger partial charge in [0.1, 0.15) is 12.1 Å². The van der Waals surface area contributed by atoms with E-state index in [4.69, 9.17) is 9.47 Å². The number of hydrogen-bond acceptors (Lipinski definition) is 8. The third-order valence-corrected chi connectivity index (χ3v) is 3.17. The van der Waals surface area contributed by atoms with E-state index in [-0.39, 0.29) is 11.9 Å². The van der Waals surface area contributed by atoms with Gasteiger partial charge in [0.15, 0.2) is 0 Å². The van der Waals surface area contributed by atoms with Crippen molar-refractivity contribution >= 4 is 12.0 Å². The summed E-state index contributed by atoms with van der Waals surface area (Å²) in [6.07, 6.45) is 7.58. The first-order chi connectivity index (χ1) is 12.6. The summed E-state index contributed by atoms with van der Waals surface area (Å²) in [7, 11) is 4.60. The van der Waals surface area contributed by atoms with E-state index in [0.29, 0.717) is 29.7 Å².